The number of Topliss-reactive ketones (excluding diaryl/α,β-unsaturated/α-hetero) is 2. The van der Waals surface area contributed by atoms with Crippen LogP contribution in [0, 0.1) is 0 Å². The average Bonchev–Trinajstić information content (AvgIpc) is 2.28. The lowest BCUT2D eigenvalue weighted by molar-refractivity contribution is -0.137. The number of carbonyl (C=O) groups is 2. The van der Waals surface area contributed by atoms with Gasteiger partial charge < -0.3 is 4.74 Å². The Bertz CT molecular complexity index is 435. The third-order valence-electron chi connectivity index (χ3n) is 2.20. The zero-order chi connectivity index (χ0) is 13.8. The normalized spacial score (nSPS) is 11.3. The van der Waals surface area contributed by atoms with E-state index in [2.05, 4.69) is 4.74 Å². The van der Waals surface area contributed by atoms with E-state index in [0.717, 1.165) is 24.3 Å². The summed E-state index contributed by atoms with van der Waals surface area (Å²) >= 11 is 0. The van der Waals surface area contributed by atoms with E-state index in [1.807, 2.05) is 0 Å². The molecular weight excluding hydrogens is 249 g/mol. The highest BCUT2D eigenvalue weighted by atomic mass is 19.4. The minimum absolute atomic E-state index is 0.0763. The van der Waals surface area contributed by atoms with Gasteiger partial charge in [0.2, 0.25) is 0 Å². The molecule has 0 saturated carbocycles. The second-order valence-electron chi connectivity index (χ2n) is 3.65. The molecule has 0 N–H and O–H groups in total. The SMILES string of the molecule is COCC(=O)CC(=O)c1ccc(C(F)(F)F)cc1. The molecule has 6 heteroatoms. The predicted octanol–water partition coefficient (Wildman–Crippen LogP) is 2.49. The Morgan fingerprint density at radius 3 is 2.17 bits per heavy atom. The van der Waals surface area contributed by atoms with Gasteiger partial charge in [0, 0.05) is 12.7 Å². The summed E-state index contributed by atoms with van der Waals surface area (Å²) in [5, 5.41) is 0. The molecule has 0 aliphatic heterocycles. The van der Waals surface area contributed by atoms with Gasteiger partial charge in [0.05, 0.1) is 12.0 Å². The lowest BCUT2D eigenvalue weighted by atomic mass is 10.0. The van der Waals surface area contributed by atoms with Crippen LogP contribution < -0.4 is 0 Å². The summed E-state index contributed by atoms with van der Waals surface area (Å²) in [6, 6.07) is 3.75. The first-order chi connectivity index (χ1) is 8.34. The van der Waals surface area contributed by atoms with Gasteiger partial charge in [0.1, 0.15) is 6.61 Å². The van der Waals surface area contributed by atoms with E-state index in [4.69, 9.17) is 0 Å². The van der Waals surface area contributed by atoms with Gasteiger partial charge in [-0.15, -0.1) is 0 Å². The van der Waals surface area contributed by atoms with Crippen LogP contribution in [-0.2, 0) is 15.7 Å². The number of benzene rings is 1. The van der Waals surface area contributed by atoms with Crippen molar-refractivity contribution in [3.63, 3.8) is 0 Å². The summed E-state index contributed by atoms with van der Waals surface area (Å²) in [6.45, 7) is -0.188. The van der Waals surface area contributed by atoms with Gasteiger partial charge in [0.15, 0.2) is 11.6 Å². The van der Waals surface area contributed by atoms with E-state index in [-0.39, 0.29) is 18.6 Å². The van der Waals surface area contributed by atoms with Crippen molar-refractivity contribution in [2.45, 2.75) is 12.6 Å². The summed E-state index contributed by atoms with van der Waals surface area (Å²) in [5.74, 6) is -0.937. The van der Waals surface area contributed by atoms with Crippen LogP contribution in [0.15, 0.2) is 24.3 Å². The topological polar surface area (TPSA) is 43.4 Å². The summed E-state index contributed by atoms with van der Waals surface area (Å²) in [7, 11) is 1.32. The maximum Gasteiger partial charge on any atom is 0.416 e. The van der Waals surface area contributed by atoms with Crippen molar-refractivity contribution < 1.29 is 27.5 Å². The van der Waals surface area contributed by atoms with Crippen LogP contribution in [0.3, 0.4) is 0 Å². The molecule has 0 aromatic heterocycles. The summed E-state index contributed by atoms with van der Waals surface area (Å²) < 4.78 is 41.4. The van der Waals surface area contributed by atoms with E-state index in [0.29, 0.717) is 0 Å². The van der Waals surface area contributed by atoms with Gasteiger partial charge in [0.25, 0.3) is 0 Å². The molecule has 18 heavy (non-hydrogen) atoms. The van der Waals surface area contributed by atoms with E-state index in [9.17, 15) is 22.8 Å². The van der Waals surface area contributed by atoms with Gasteiger partial charge in [-0.1, -0.05) is 12.1 Å². The van der Waals surface area contributed by atoms with Gasteiger partial charge in [-0.3, -0.25) is 9.59 Å². The van der Waals surface area contributed by atoms with Crippen molar-refractivity contribution in [1.82, 2.24) is 0 Å². The molecule has 98 valence electrons. The Morgan fingerprint density at radius 1 is 1.17 bits per heavy atom. The Morgan fingerprint density at radius 2 is 1.72 bits per heavy atom. The molecule has 0 bridgehead atoms. The highest BCUT2D eigenvalue weighted by Gasteiger charge is 2.30. The number of hydrogen-bond acceptors (Lipinski definition) is 3. The fourth-order valence-electron chi connectivity index (χ4n) is 1.34. The molecular formula is C12H11F3O3. The molecule has 0 fully saturated rings. The van der Waals surface area contributed by atoms with Crippen molar-refractivity contribution in [1.29, 1.82) is 0 Å². The second kappa shape index (κ2) is 5.77. The van der Waals surface area contributed by atoms with Crippen molar-refractivity contribution in [3.05, 3.63) is 35.4 Å². The van der Waals surface area contributed by atoms with Crippen molar-refractivity contribution >= 4 is 11.6 Å². The first-order valence-corrected chi connectivity index (χ1v) is 5.05. The maximum absolute atomic E-state index is 12.3. The minimum atomic E-state index is -4.44. The molecule has 3 nitrogen and oxygen atoms in total. The Hall–Kier alpha value is -1.69. The zero-order valence-corrected chi connectivity index (χ0v) is 9.58. The van der Waals surface area contributed by atoms with E-state index < -0.39 is 23.3 Å². The predicted molar refractivity (Wildman–Crippen MR) is 57.3 cm³/mol. The number of alkyl halides is 3. The van der Waals surface area contributed by atoms with Crippen molar-refractivity contribution in [3.8, 4) is 0 Å². The molecule has 0 saturated heterocycles. The van der Waals surface area contributed by atoms with Crippen molar-refractivity contribution in [2.24, 2.45) is 0 Å². The van der Waals surface area contributed by atoms with Crippen LogP contribution in [0.5, 0.6) is 0 Å². The van der Waals surface area contributed by atoms with Crippen LogP contribution in [0.1, 0.15) is 22.3 Å². The molecule has 0 spiro atoms. The summed E-state index contributed by atoms with van der Waals surface area (Å²) in [4.78, 5) is 22.7. The molecule has 0 radical (unpaired) electrons. The van der Waals surface area contributed by atoms with Crippen LogP contribution >= 0.6 is 0 Å². The number of carbonyl (C=O) groups excluding carboxylic acids is 2. The Balaban J connectivity index is 2.74. The highest BCUT2D eigenvalue weighted by Crippen LogP contribution is 2.29. The number of rotatable bonds is 5. The fraction of sp³-hybridized carbons (Fsp3) is 0.333. The molecule has 0 amide bonds. The lowest BCUT2D eigenvalue weighted by Gasteiger charge is -2.07. The van der Waals surface area contributed by atoms with Gasteiger partial charge >= 0.3 is 6.18 Å². The summed E-state index contributed by atoms with van der Waals surface area (Å²) in [5.41, 5.74) is -0.755. The maximum atomic E-state index is 12.3. The first kappa shape index (κ1) is 14.4. The summed E-state index contributed by atoms with van der Waals surface area (Å²) in [6.07, 6.45) is -4.81. The number of methoxy groups -OCH3 is 1. The smallest absolute Gasteiger partial charge is 0.377 e. The van der Waals surface area contributed by atoms with Gasteiger partial charge in [-0.05, 0) is 12.1 Å². The fourth-order valence-corrected chi connectivity index (χ4v) is 1.34. The minimum Gasteiger partial charge on any atom is -0.377 e. The molecule has 0 aliphatic rings. The third-order valence-corrected chi connectivity index (χ3v) is 2.20. The van der Waals surface area contributed by atoms with Crippen LogP contribution in [0.4, 0.5) is 13.2 Å². The standard InChI is InChI=1S/C12H11F3O3/c1-18-7-10(16)6-11(17)8-2-4-9(5-3-8)12(13,14)15/h2-5H,6-7H2,1H3. The number of ether oxygens (including phenoxy) is 1. The van der Waals surface area contributed by atoms with Crippen LogP contribution in [0.2, 0.25) is 0 Å². The monoisotopic (exact) mass is 260 g/mol. The largest absolute Gasteiger partial charge is 0.416 e. The van der Waals surface area contributed by atoms with Gasteiger partial charge in [-0.2, -0.15) is 13.2 Å². The third kappa shape index (κ3) is 3.96. The molecule has 1 rings (SSSR count). The average molecular weight is 260 g/mol. The molecule has 0 atom stereocenters. The lowest BCUT2D eigenvalue weighted by Crippen LogP contribution is -2.13. The quantitative estimate of drug-likeness (QED) is 0.603. The zero-order valence-electron chi connectivity index (χ0n) is 9.58. The highest BCUT2D eigenvalue weighted by molar-refractivity contribution is 6.08. The molecule has 0 aliphatic carbocycles. The Kier molecular flexibility index (Phi) is 4.61. The molecule has 1 aromatic rings. The number of halogens is 3. The van der Waals surface area contributed by atoms with Crippen LogP contribution in [-0.4, -0.2) is 25.3 Å². The Labute approximate surface area is 102 Å². The van der Waals surface area contributed by atoms with E-state index in [1.165, 1.54) is 7.11 Å². The van der Waals surface area contributed by atoms with E-state index in [1.54, 1.807) is 0 Å². The van der Waals surface area contributed by atoms with Gasteiger partial charge in [-0.25, -0.2) is 0 Å². The number of hydrogen-bond donors (Lipinski definition) is 0. The molecule has 1 aromatic carbocycles. The molecule has 0 heterocycles. The van der Waals surface area contributed by atoms with Crippen LogP contribution in [0.25, 0.3) is 0 Å². The second-order valence-corrected chi connectivity index (χ2v) is 3.65. The molecule has 0 unspecified atom stereocenters. The van der Waals surface area contributed by atoms with E-state index >= 15 is 0 Å². The number of ketones is 2. The van der Waals surface area contributed by atoms with Crippen molar-refractivity contribution in [2.75, 3.05) is 13.7 Å². The first-order valence-electron chi connectivity index (χ1n) is 5.05.